The molecule has 7 heteroatoms. The first-order chi connectivity index (χ1) is 13.1. The Labute approximate surface area is 161 Å². The molecule has 2 heterocycles. The molecule has 2 atom stereocenters. The molecule has 4 aliphatic carbocycles. The fourth-order valence-corrected chi connectivity index (χ4v) is 6.47. The van der Waals surface area contributed by atoms with Crippen LogP contribution in [0.2, 0.25) is 5.28 Å². The van der Waals surface area contributed by atoms with E-state index < -0.39 is 0 Å². The molecule has 0 N–H and O–H groups in total. The minimum absolute atomic E-state index is 0.0222. The zero-order valence-corrected chi connectivity index (χ0v) is 15.6. The van der Waals surface area contributed by atoms with E-state index in [0.29, 0.717) is 22.9 Å². The van der Waals surface area contributed by atoms with Gasteiger partial charge in [-0.1, -0.05) is 35.5 Å². The van der Waals surface area contributed by atoms with Crippen LogP contribution in [0.15, 0.2) is 41.2 Å². The van der Waals surface area contributed by atoms with Crippen molar-refractivity contribution < 1.29 is 4.52 Å². The Kier molecular flexibility index (Phi) is 3.17. The molecule has 27 heavy (non-hydrogen) atoms. The minimum atomic E-state index is -0.0530. The monoisotopic (exact) mass is 381 g/mol. The van der Waals surface area contributed by atoms with E-state index in [1.54, 1.807) is 6.33 Å². The highest BCUT2D eigenvalue weighted by atomic mass is 35.5. The third-order valence-corrected chi connectivity index (χ3v) is 7.06. The van der Waals surface area contributed by atoms with Crippen molar-refractivity contribution in [3.05, 3.63) is 47.8 Å². The van der Waals surface area contributed by atoms with Crippen LogP contribution in [0.5, 0.6) is 0 Å². The normalized spacial score (nSPS) is 34.3. The van der Waals surface area contributed by atoms with Crippen LogP contribution in [0, 0.1) is 11.8 Å². The lowest BCUT2D eigenvalue weighted by atomic mass is 9.47. The molecule has 6 nitrogen and oxygen atoms in total. The lowest BCUT2D eigenvalue weighted by Crippen LogP contribution is -2.58. The summed E-state index contributed by atoms with van der Waals surface area (Å²) in [7, 11) is 0. The van der Waals surface area contributed by atoms with Crippen LogP contribution in [-0.2, 0) is 11.0 Å². The number of hydrogen-bond donors (Lipinski definition) is 0. The summed E-state index contributed by atoms with van der Waals surface area (Å²) in [5.41, 5.74) is 0.920. The highest BCUT2D eigenvalue weighted by molar-refractivity contribution is 6.28. The van der Waals surface area contributed by atoms with E-state index in [4.69, 9.17) is 21.1 Å². The molecule has 3 aromatic rings. The Hall–Kier alpha value is -2.21. The number of aromatic nitrogens is 5. The van der Waals surface area contributed by atoms with E-state index in [1.165, 1.54) is 6.42 Å². The number of benzene rings is 1. The summed E-state index contributed by atoms with van der Waals surface area (Å²) >= 11 is 6.04. The molecule has 138 valence electrons. The maximum atomic E-state index is 6.04. The highest BCUT2D eigenvalue weighted by Crippen LogP contribution is 2.64. The summed E-state index contributed by atoms with van der Waals surface area (Å²) in [5.74, 6) is 2.81. The second kappa shape index (κ2) is 5.41. The van der Waals surface area contributed by atoms with Crippen molar-refractivity contribution in [1.82, 2.24) is 24.9 Å². The first-order valence-corrected chi connectivity index (χ1v) is 9.99. The van der Waals surface area contributed by atoms with Gasteiger partial charge in [0.2, 0.25) is 17.0 Å². The van der Waals surface area contributed by atoms with Crippen molar-refractivity contribution in [2.45, 2.75) is 49.5 Å². The van der Waals surface area contributed by atoms with Crippen LogP contribution >= 0.6 is 11.6 Å². The molecule has 4 aliphatic rings. The van der Waals surface area contributed by atoms with Gasteiger partial charge in [0.25, 0.3) is 0 Å². The SMILES string of the molecule is Clc1ncn(C23CC4CC(CC(c5nc(-c6ccccc6)no5)(C4)C2)C3)n1. The van der Waals surface area contributed by atoms with Crippen molar-refractivity contribution in [3.63, 3.8) is 0 Å². The summed E-state index contributed by atoms with van der Waals surface area (Å²) in [6.45, 7) is 0. The van der Waals surface area contributed by atoms with Gasteiger partial charge in [0.1, 0.15) is 6.33 Å². The van der Waals surface area contributed by atoms with Gasteiger partial charge in [-0.3, -0.25) is 0 Å². The summed E-state index contributed by atoms with van der Waals surface area (Å²) in [6.07, 6.45) is 8.62. The van der Waals surface area contributed by atoms with Crippen molar-refractivity contribution >= 4 is 11.6 Å². The van der Waals surface area contributed by atoms with Crippen molar-refractivity contribution in [2.75, 3.05) is 0 Å². The fourth-order valence-electron chi connectivity index (χ4n) is 6.35. The molecule has 0 aliphatic heterocycles. The molecule has 4 saturated carbocycles. The molecule has 0 radical (unpaired) electrons. The smallest absolute Gasteiger partial charge is 0.242 e. The first kappa shape index (κ1) is 15.8. The molecular formula is C20H20ClN5O. The van der Waals surface area contributed by atoms with Crippen LogP contribution in [0.3, 0.4) is 0 Å². The topological polar surface area (TPSA) is 69.6 Å². The molecule has 0 amide bonds. The molecule has 4 bridgehead atoms. The van der Waals surface area contributed by atoms with E-state index in [9.17, 15) is 0 Å². The Morgan fingerprint density at radius 3 is 2.56 bits per heavy atom. The quantitative estimate of drug-likeness (QED) is 0.679. The summed E-state index contributed by atoms with van der Waals surface area (Å²) in [6, 6.07) is 10.0. The van der Waals surface area contributed by atoms with Crippen LogP contribution < -0.4 is 0 Å². The van der Waals surface area contributed by atoms with Gasteiger partial charge in [0.05, 0.1) is 11.0 Å². The maximum Gasteiger partial charge on any atom is 0.242 e. The molecule has 2 aromatic heterocycles. The van der Waals surface area contributed by atoms with Crippen molar-refractivity contribution in [2.24, 2.45) is 11.8 Å². The zero-order chi connectivity index (χ0) is 18.1. The molecule has 2 unspecified atom stereocenters. The average Bonchev–Trinajstić information content (AvgIpc) is 3.31. The second-order valence-corrected chi connectivity index (χ2v) is 9.05. The maximum absolute atomic E-state index is 6.04. The lowest BCUT2D eigenvalue weighted by molar-refractivity contribution is -0.0786. The number of hydrogen-bond acceptors (Lipinski definition) is 5. The Morgan fingerprint density at radius 1 is 1.07 bits per heavy atom. The first-order valence-electron chi connectivity index (χ1n) is 9.62. The van der Waals surface area contributed by atoms with Crippen LogP contribution in [0.1, 0.15) is 44.4 Å². The number of nitrogens with zero attached hydrogens (tertiary/aromatic N) is 5. The van der Waals surface area contributed by atoms with Gasteiger partial charge >= 0.3 is 0 Å². The zero-order valence-electron chi connectivity index (χ0n) is 14.9. The van der Waals surface area contributed by atoms with Crippen molar-refractivity contribution in [1.29, 1.82) is 0 Å². The van der Waals surface area contributed by atoms with Gasteiger partial charge in [0, 0.05) is 5.56 Å². The molecule has 0 saturated heterocycles. The third-order valence-electron chi connectivity index (χ3n) is 6.89. The molecule has 0 spiro atoms. The predicted octanol–water partition coefficient (Wildman–Crippen LogP) is 4.23. The van der Waals surface area contributed by atoms with Crippen LogP contribution in [0.25, 0.3) is 11.4 Å². The number of rotatable bonds is 3. The Bertz CT molecular complexity index is 983. The van der Waals surface area contributed by atoms with Gasteiger partial charge in [0.15, 0.2) is 0 Å². The fraction of sp³-hybridized carbons (Fsp3) is 0.500. The van der Waals surface area contributed by atoms with E-state index in [0.717, 1.165) is 43.6 Å². The standard InChI is InChI=1S/C20H20ClN5O/c21-18-22-12-26(24-18)20-9-13-6-14(10-20)8-19(7-13,11-20)17-23-16(25-27-17)15-4-2-1-3-5-15/h1-5,12-14H,6-11H2. The molecular weight excluding hydrogens is 362 g/mol. The summed E-state index contributed by atoms with van der Waals surface area (Å²) in [4.78, 5) is 9.03. The van der Waals surface area contributed by atoms with Gasteiger partial charge in [-0.2, -0.15) is 4.98 Å². The third kappa shape index (κ3) is 2.32. The Balaban J connectivity index is 1.41. The highest BCUT2D eigenvalue weighted by Gasteiger charge is 2.61. The Morgan fingerprint density at radius 2 is 1.85 bits per heavy atom. The number of halogens is 1. The van der Waals surface area contributed by atoms with Gasteiger partial charge in [-0.05, 0) is 62.0 Å². The van der Waals surface area contributed by atoms with Gasteiger partial charge in [-0.25, -0.2) is 9.67 Å². The van der Waals surface area contributed by atoms with E-state index in [1.807, 2.05) is 35.0 Å². The molecule has 7 rings (SSSR count). The summed E-state index contributed by atoms with van der Waals surface area (Å²) in [5, 5.41) is 9.11. The van der Waals surface area contributed by atoms with E-state index in [-0.39, 0.29) is 11.0 Å². The molecule has 4 fully saturated rings. The average molecular weight is 382 g/mol. The largest absolute Gasteiger partial charge is 0.338 e. The van der Waals surface area contributed by atoms with Gasteiger partial charge in [-0.15, -0.1) is 5.10 Å². The predicted molar refractivity (Wildman–Crippen MR) is 99.1 cm³/mol. The van der Waals surface area contributed by atoms with Crippen LogP contribution in [-0.4, -0.2) is 24.9 Å². The van der Waals surface area contributed by atoms with E-state index >= 15 is 0 Å². The summed E-state index contributed by atoms with van der Waals surface area (Å²) < 4.78 is 7.88. The van der Waals surface area contributed by atoms with Crippen molar-refractivity contribution in [3.8, 4) is 11.4 Å². The molecule has 1 aromatic carbocycles. The minimum Gasteiger partial charge on any atom is -0.338 e. The van der Waals surface area contributed by atoms with Crippen LogP contribution in [0.4, 0.5) is 0 Å². The van der Waals surface area contributed by atoms with Gasteiger partial charge < -0.3 is 4.52 Å². The van der Waals surface area contributed by atoms with E-state index in [2.05, 4.69) is 15.2 Å². The lowest BCUT2D eigenvalue weighted by Gasteiger charge is -2.60. The second-order valence-electron chi connectivity index (χ2n) is 8.71.